The van der Waals surface area contributed by atoms with Crippen LogP contribution in [-0.2, 0) is 20.8 Å². The first-order valence-electron chi connectivity index (χ1n) is 8.32. The van der Waals surface area contributed by atoms with E-state index in [1.165, 1.54) is 11.3 Å². The van der Waals surface area contributed by atoms with Crippen LogP contribution in [0.15, 0.2) is 18.2 Å². The second kappa shape index (κ2) is 7.01. The molecule has 1 amide bonds. The van der Waals surface area contributed by atoms with E-state index in [0.29, 0.717) is 25.7 Å². The number of nitrogens with one attached hydrogen (secondary N) is 1. The Morgan fingerprint density at radius 2 is 2.04 bits per heavy atom. The van der Waals surface area contributed by atoms with E-state index in [1.807, 2.05) is 25.1 Å². The van der Waals surface area contributed by atoms with Crippen molar-refractivity contribution in [2.45, 2.75) is 44.6 Å². The van der Waals surface area contributed by atoms with Crippen molar-refractivity contribution in [1.82, 2.24) is 10.3 Å². The lowest BCUT2D eigenvalue weighted by atomic mass is 9.81. The smallest absolute Gasteiger partial charge is 0.240 e. The number of fused-ring (bicyclic) bond motifs is 1. The number of carbonyl (C=O) groups is 3. The van der Waals surface area contributed by atoms with Crippen LogP contribution < -0.4 is 11.1 Å². The number of Topliss-reactive ketones (excluding diaryl/α,β-unsaturated/α-hetero) is 2. The highest BCUT2D eigenvalue weighted by atomic mass is 32.1. The molecule has 132 valence electrons. The fourth-order valence-corrected chi connectivity index (χ4v) is 4.04. The fraction of sp³-hybridized carbons (Fsp3) is 0.444. The van der Waals surface area contributed by atoms with Crippen molar-refractivity contribution in [3.8, 4) is 0 Å². The standard InChI is InChI=1S/C18H21N3O3S/c1-11-2-3-14-15(8-11)25-16(21-14)9-13(23)10-20-17(24)18(19)6-4-12(22)5-7-18/h2-3,8H,4-7,9-10,19H2,1H3,(H,20,24). The molecule has 0 unspecified atom stereocenters. The molecule has 1 aromatic carbocycles. The highest BCUT2D eigenvalue weighted by molar-refractivity contribution is 7.18. The van der Waals surface area contributed by atoms with Crippen molar-refractivity contribution in [3.05, 3.63) is 28.8 Å². The van der Waals surface area contributed by atoms with E-state index >= 15 is 0 Å². The van der Waals surface area contributed by atoms with Gasteiger partial charge in [0.25, 0.3) is 0 Å². The Labute approximate surface area is 149 Å². The third-order valence-corrected chi connectivity index (χ3v) is 5.55. The summed E-state index contributed by atoms with van der Waals surface area (Å²) in [5.74, 6) is -0.330. The Morgan fingerprint density at radius 3 is 2.76 bits per heavy atom. The van der Waals surface area contributed by atoms with Gasteiger partial charge in [0, 0.05) is 12.8 Å². The van der Waals surface area contributed by atoms with E-state index in [0.717, 1.165) is 20.8 Å². The molecule has 6 nitrogen and oxygen atoms in total. The number of nitrogens with zero attached hydrogens (tertiary/aromatic N) is 1. The first-order valence-corrected chi connectivity index (χ1v) is 9.14. The van der Waals surface area contributed by atoms with Crippen LogP contribution in [0.2, 0.25) is 0 Å². The molecule has 0 aliphatic heterocycles. The molecule has 1 heterocycles. The third-order valence-electron chi connectivity index (χ3n) is 4.53. The molecule has 1 aliphatic carbocycles. The summed E-state index contributed by atoms with van der Waals surface area (Å²) in [6.07, 6.45) is 1.51. The zero-order valence-corrected chi connectivity index (χ0v) is 14.9. The van der Waals surface area contributed by atoms with Crippen LogP contribution >= 0.6 is 11.3 Å². The van der Waals surface area contributed by atoms with Crippen LogP contribution in [0.1, 0.15) is 36.3 Å². The summed E-state index contributed by atoms with van der Waals surface area (Å²) in [5, 5.41) is 3.36. The fourth-order valence-electron chi connectivity index (χ4n) is 2.94. The molecule has 0 radical (unpaired) electrons. The highest BCUT2D eigenvalue weighted by Gasteiger charge is 2.37. The lowest BCUT2D eigenvalue weighted by molar-refractivity contribution is -0.131. The number of aryl methyl sites for hydroxylation is 1. The van der Waals surface area contributed by atoms with Gasteiger partial charge < -0.3 is 11.1 Å². The minimum absolute atomic E-state index is 0.0688. The van der Waals surface area contributed by atoms with Gasteiger partial charge in [-0.15, -0.1) is 11.3 Å². The van der Waals surface area contributed by atoms with Gasteiger partial charge in [0.1, 0.15) is 10.8 Å². The molecule has 25 heavy (non-hydrogen) atoms. The molecule has 0 saturated heterocycles. The summed E-state index contributed by atoms with van der Waals surface area (Å²) in [4.78, 5) is 40.2. The number of nitrogens with two attached hydrogens (primary N) is 1. The number of amides is 1. The molecule has 0 atom stereocenters. The average molecular weight is 359 g/mol. The van der Waals surface area contributed by atoms with Crippen LogP contribution in [0.4, 0.5) is 0 Å². The van der Waals surface area contributed by atoms with Crippen molar-refractivity contribution in [3.63, 3.8) is 0 Å². The minimum atomic E-state index is -1.04. The van der Waals surface area contributed by atoms with Crippen molar-refractivity contribution < 1.29 is 14.4 Å². The van der Waals surface area contributed by atoms with E-state index in [9.17, 15) is 14.4 Å². The first kappa shape index (κ1) is 17.7. The monoisotopic (exact) mass is 359 g/mol. The molecule has 1 aliphatic rings. The van der Waals surface area contributed by atoms with Crippen molar-refractivity contribution >= 4 is 39.0 Å². The molecule has 1 saturated carbocycles. The molecule has 1 aromatic heterocycles. The van der Waals surface area contributed by atoms with Crippen LogP contribution in [0.5, 0.6) is 0 Å². The Kier molecular flexibility index (Phi) is 4.96. The van der Waals surface area contributed by atoms with Gasteiger partial charge in [-0.25, -0.2) is 4.98 Å². The van der Waals surface area contributed by atoms with E-state index < -0.39 is 5.54 Å². The number of hydrogen-bond donors (Lipinski definition) is 2. The Bertz CT molecular complexity index is 833. The Morgan fingerprint density at radius 1 is 1.32 bits per heavy atom. The third kappa shape index (κ3) is 4.11. The molecule has 3 N–H and O–H groups in total. The number of carbonyl (C=O) groups excluding carboxylic acids is 3. The van der Waals surface area contributed by atoms with E-state index in [-0.39, 0.29) is 30.4 Å². The molecule has 0 spiro atoms. The summed E-state index contributed by atoms with van der Waals surface area (Å²) in [6.45, 7) is 1.95. The molecule has 3 rings (SSSR count). The van der Waals surface area contributed by atoms with Gasteiger partial charge in [-0.3, -0.25) is 14.4 Å². The number of thiazole rings is 1. The lowest BCUT2D eigenvalue weighted by Crippen LogP contribution is -2.56. The van der Waals surface area contributed by atoms with Crippen LogP contribution in [0.25, 0.3) is 10.2 Å². The molecule has 2 aromatic rings. The topological polar surface area (TPSA) is 102 Å². The minimum Gasteiger partial charge on any atom is -0.347 e. The molecule has 0 bridgehead atoms. The number of aromatic nitrogens is 1. The summed E-state index contributed by atoms with van der Waals surface area (Å²) >= 11 is 1.49. The van der Waals surface area contributed by atoms with Crippen LogP contribution in [0.3, 0.4) is 0 Å². The van der Waals surface area contributed by atoms with Crippen LogP contribution in [-0.4, -0.2) is 34.5 Å². The maximum Gasteiger partial charge on any atom is 0.240 e. The zero-order valence-electron chi connectivity index (χ0n) is 14.1. The molecular weight excluding hydrogens is 338 g/mol. The van der Waals surface area contributed by atoms with Gasteiger partial charge in [-0.1, -0.05) is 6.07 Å². The molecular formula is C18H21N3O3S. The maximum absolute atomic E-state index is 12.2. The van der Waals surface area contributed by atoms with Gasteiger partial charge >= 0.3 is 0 Å². The SMILES string of the molecule is Cc1ccc2nc(CC(=O)CNC(=O)C3(N)CCC(=O)CC3)sc2c1. The maximum atomic E-state index is 12.2. The number of benzene rings is 1. The lowest BCUT2D eigenvalue weighted by Gasteiger charge is -2.31. The van der Waals surface area contributed by atoms with Gasteiger partial charge in [-0.2, -0.15) is 0 Å². The second-order valence-electron chi connectivity index (χ2n) is 6.67. The van der Waals surface area contributed by atoms with E-state index in [2.05, 4.69) is 10.3 Å². The summed E-state index contributed by atoms with van der Waals surface area (Å²) in [5.41, 5.74) is 7.08. The highest BCUT2D eigenvalue weighted by Crippen LogP contribution is 2.25. The van der Waals surface area contributed by atoms with Gasteiger partial charge in [0.2, 0.25) is 5.91 Å². The predicted octanol–water partition coefficient (Wildman–Crippen LogP) is 1.67. The average Bonchev–Trinajstić information content (AvgIpc) is 2.96. The number of hydrogen-bond acceptors (Lipinski definition) is 6. The summed E-state index contributed by atoms with van der Waals surface area (Å²) in [6, 6.07) is 5.98. The van der Waals surface area contributed by atoms with Gasteiger partial charge in [-0.05, 0) is 37.5 Å². The van der Waals surface area contributed by atoms with Gasteiger partial charge in [0.15, 0.2) is 5.78 Å². The Balaban J connectivity index is 1.55. The summed E-state index contributed by atoms with van der Waals surface area (Å²) in [7, 11) is 0. The predicted molar refractivity (Wildman–Crippen MR) is 96.5 cm³/mol. The largest absolute Gasteiger partial charge is 0.347 e. The van der Waals surface area contributed by atoms with Crippen molar-refractivity contribution in [1.29, 1.82) is 0 Å². The quantitative estimate of drug-likeness (QED) is 0.845. The second-order valence-corrected chi connectivity index (χ2v) is 7.79. The Hall–Kier alpha value is -2.12. The first-order chi connectivity index (χ1) is 11.9. The zero-order chi connectivity index (χ0) is 18.0. The summed E-state index contributed by atoms with van der Waals surface area (Å²) < 4.78 is 1.06. The van der Waals surface area contributed by atoms with E-state index in [1.54, 1.807) is 0 Å². The van der Waals surface area contributed by atoms with E-state index in [4.69, 9.17) is 5.73 Å². The van der Waals surface area contributed by atoms with Crippen LogP contribution in [0, 0.1) is 6.92 Å². The van der Waals surface area contributed by atoms with Crippen molar-refractivity contribution in [2.24, 2.45) is 5.73 Å². The molecule has 7 heteroatoms. The van der Waals surface area contributed by atoms with Crippen molar-refractivity contribution in [2.75, 3.05) is 6.54 Å². The van der Waals surface area contributed by atoms with Gasteiger partial charge in [0.05, 0.1) is 28.7 Å². The normalized spacial score (nSPS) is 16.8. The number of rotatable bonds is 5. The molecule has 1 fully saturated rings. The number of ketones is 2.